The van der Waals surface area contributed by atoms with Gasteiger partial charge in [-0.1, -0.05) is 12.1 Å². The molecule has 28 heavy (non-hydrogen) atoms. The molecule has 9 heteroatoms. The predicted octanol–water partition coefficient (Wildman–Crippen LogP) is 1.89. The minimum absolute atomic E-state index is 0.0518. The van der Waals surface area contributed by atoms with Crippen LogP contribution in [0.5, 0.6) is 0 Å². The van der Waals surface area contributed by atoms with Crippen molar-refractivity contribution in [3.63, 3.8) is 0 Å². The molecule has 0 radical (unpaired) electrons. The van der Waals surface area contributed by atoms with Crippen molar-refractivity contribution in [1.82, 2.24) is 15.8 Å². The standard InChI is InChI=1S/C19H28FN3O3S2/c1-23(19(24)12-27-17-8-10-28(25,26)13-17)9-2-3-16-11-18(22-21-16)14-4-6-15(20)7-5-14/h4-7,16-18,21-22H,2-3,8-13H2,1H3. The van der Waals surface area contributed by atoms with Gasteiger partial charge in [0.1, 0.15) is 5.82 Å². The van der Waals surface area contributed by atoms with Gasteiger partial charge in [-0.05, 0) is 43.4 Å². The highest BCUT2D eigenvalue weighted by molar-refractivity contribution is 8.02. The van der Waals surface area contributed by atoms with Crippen molar-refractivity contribution in [3.8, 4) is 0 Å². The smallest absolute Gasteiger partial charge is 0.232 e. The molecule has 3 unspecified atom stereocenters. The molecular weight excluding hydrogens is 401 g/mol. The molecule has 0 bridgehead atoms. The second kappa shape index (κ2) is 9.56. The minimum Gasteiger partial charge on any atom is -0.345 e. The highest BCUT2D eigenvalue weighted by atomic mass is 32.2. The number of carbonyl (C=O) groups excluding carboxylic acids is 1. The molecule has 0 aliphatic carbocycles. The first-order valence-corrected chi connectivity index (χ1v) is 12.5. The summed E-state index contributed by atoms with van der Waals surface area (Å²) in [4.78, 5) is 14.0. The molecule has 1 amide bonds. The number of sulfone groups is 1. The third-order valence-corrected chi connectivity index (χ3v) is 8.63. The Morgan fingerprint density at radius 1 is 1.29 bits per heavy atom. The molecule has 1 aromatic carbocycles. The second-order valence-electron chi connectivity index (χ2n) is 7.62. The highest BCUT2D eigenvalue weighted by Crippen LogP contribution is 2.25. The van der Waals surface area contributed by atoms with Gasteiger partial charge in [-0.15, -0.1) is 11.8 Å². The number of nitrogens with one attached hydrogen (secondary N) is 2. The van der Waals surface area contributed by atoms with Crippen molar-refractivity contribution >= 4 is 27.5 Å². The van der Waals surface area contributed by atoms with Crippen molar-refractivity contribution in [1.29, 1.82) is 0 Å². The summed E-state index contributed by atoms with van der Waals surface area (Å²) in [5.41, 5.74) is 7.61. The van der Waals surface area contributed by atoms with Gasteiger partial charge in [0.15, 0.2) is 9.84 Å². The zero-order valence-electron chi connectivity index (χ0n) is 16.1. The summed E-state index contributed by atoms with van der Waals surface area (Å²) in [6.07, 6.45) is 3.41. The Morgan fingerprint density at radius 3 is 2.71 bits per heavy atom. The van der Waals surface area contributed by atoms with E-state index in [4.69, 9.17) is 0 Å². The Bertz CT molecular complexity index is 773. The van der Waals surface area contributed by atoms with Crippen molar-refractivity contribution in [3.05, 3.63) is 35.6 Å². The van der Waals surface area contributed by atoms with Crippen LogP contribution >= 0.6 is 11.8 Å². The Labute approximate surface area is 170 Å². The lowest BCUT2D eigenvalue weighted by atomic mass is 10.00. The van der Waals surface area contributed by atoms with Crippen LogP contribution in [-0.4, -0.2) is 61.4 Å². The number of thioether (sulfide) groups is 1. The van der Waals surface area contributed by atoms with E-state index in [2.05, 4.69) is 10.9 Å². The van der Waals surface area contributed by atoms with Crippen LogP contribution in [0, 0.1) is 5.82 Å². The van der Waals surface area contributed by atoms with Crippen LogP contribution < -0.4 is 10.9 Å². The highest BCUT2D eigenvalue weighted by Gasteiger charge is 2.29. The van der Waals surface area contributed by atoms with Crippen LogP contribution in [0.25, 0.3) is 0 Å². The number of hydrazine groups is 1. The fourth-order valence-corrected chi connectivity index (χ4v) is 7.20. The average molecular weight is 430 g/mol. The molecule has 0 aromatic heterocycles. The van der Waals surface area contributed by atoms with Gasteiger partial charge in [-0.25, -0.2) is 12.8 Å². The third kappa shape index (κ3) is 6.17. The van der Waals surface area contributed by atoms with E-state index in [9.17, 15) is 17.6 Å². The van der Waals surface area contributed by atoms with Crippen molar-refractivity contribution in [2.24, 2.45) is 0 Å². The maximum atomic E-state index is 13.0. The topological polar surface area (TPSA) is 78.5 Å². The van der Waals surface area contributed by atoms with Crippen LogP contribution in [0.15, 0.2) is 24.3 Å². The molecule has 0 saturated carbocycles. The lowest BCUT2D eigenvalue weighted by Crippen LogP contribution is -2.33. The van der Waals surface area contributed by atoms with Gasteiger partial charge in [0.2, 0.25) is 5.91 Å². The first-order chi connectivity index (χ1) is 13.3. The monoisotopic (exact) mass is 429 g/mol. The quantitative estimate of drug-likeness (QED) is 0.657. The maximum absolute atomic E-state index is 13.0. The van der Waals surface area contributed by atoms with Gasteiger partial charge in [-0.2, -0.15) is 0 Å². The van der Waals surface area contributed by atoms with Crippen LogP contribution in [0.4, 0.5) is 4.39 Å². The van der Waals surface area contributed by atoms with E-state index in [1.807, 2.05) is 0 Å². The molecule has 3 atom stereocenters. The molecule has 2 aliphatic heterocycles. The predicted molar refractivity (Wildman–Crippen MR) is 110 cm³/mol. The van der Waals surface area contributed by atoms with Gasteiger partial charge < -0.3 is 4.90 Å². The Hall–Kier alpha value is -1.16. The molecule has 2 N–H and O–H groups in total. The normalized spacial score (nSPS) is 26.4. The van der Waals surface area contributed by atoms with E-state index in [-0.39, 0.29) is 34.5 Å². The van der Waals surface area contributed by atoms with E-state index >= 15 is 0 Å². The summed E-state index contributed by atoms with van der Waals surface area (Å²) < 4.78 is 36.0. The summed E-state index contributed by atoms with van der Waals surface area (Å²) in [5.74, 6) is 0.606. The van der Waals surface area contributed by atoms with E-state index in [0.29, 0.717) is 24.8 Å². The number of carbonyl (C=O) groups is 1. The molecule has 1 aromatic rings. The largest absolute Gasteiger partial charge is 0.345 e. The lowest BCUT2D eigenvalue weighted by Gasteiger charge is -2.19. The average Bonchev–Trinajstić information content (AvgIpc) is 3.26. The zero-order valence-corrected chi connectivity index (χ0v) is 17.7. The maximum Gasteiger partial charge on any atom is 0.232 e. The second-order valence-corrected chi connectivity index (χ2v) is 11.1. The van der Waals surface area contributed by atoms with Crippen molar-refractivity contribution in [2.45, 2.75) is 43.0 Å². The number of hydrogen-bond donors (Lipinski definition) is 2. The fraction of sp³-hybridized carbons (Fsp3) is 0.632. The summed E-state index contributed by atoms with van der Waals surface area (Å²) >= 11 is 1.46. The van der Waals surface area contributed by atoms with Gasteiger partial charge in [0, 0.05) is 30.9 Å². The number of amides is 1. The van der Waals surface area contributed by atoms with Crippen LogP contribution in [0.2, 0.25) is 0 Å². The SMILES string of the molecule is CN(CCCC1CC(c2ccc(F)cc2)NN1)C(=O)CSC1CCS(=O)(=O)C1. The molecule has 2 aliphatic rings. The van der Waals surface area contributed by atoms with Gasteiger partial charge >= 0.3 is 0 Å². The summed E-state index contributed by atoms with van der Waals surface area (Å²) in [7, 11) is -1.09. The number of nitrogens with zero attached hydrogens (tertiary/aromatic N) is 1. The number of halogens is 1. The van der Waals surface area contributed by atoms with Crippen molar-refractivity contribution < 1.29 is 17.6 Å². The van der Waals surface area contributed by atoms with E-state index in [1.54, 1.807) is 24.1 Å². The Kier molecular flexibility index (Phi) is 7.36. The van der Waals surface area contributed by atoms with E-state index in [0.717, 1.165) is 24.8 Å². The summed E-state index contributed by atoms with van der Waals surface area (Å²) in [5, 5.41) is 0.0551. The van der Waals surface area contributed by atoms with Gasteiger partial charge in [-0.3, -0.25) is 15.6 Å². The first kappa shape index (κ1) is 21.5. The lowest BCUT2D eigenvalue weighted by molar-refractivity contribution is -0.127. The molecule has 2 fully saturated rings. The van der Waals surface area contributed by atoms with Gasteiger partial charge in [0.25, 0.3) is 0 Å². The molecule has 0 spiro atoms. The Morgan fingerprint density at radius 2 is 2.04 bits per heavy atom. The minimum atomic E-state index is -2.89. The zero-order chi connectivity index (χ0) is 20.1. The van der Waals surface area contributed by atoms with E-state index < -0.39 is 9.84 Å². The molecule has 156 valence electrons. The summed E-state index contributed by atoms with van der Waals surface area (Å²) in [6, 6.07) is 7.04. The molecule has 3 rings (SSSR count). The molecule has 2 heterocycles. The van der Waals surface area contributed by atoms with Crippen molar-refractivity contribution in [2.75, 3.05) is 30.9 Å². The van der Waals surface area contributed by atoms with E-state index in [1.165, 1.54) is 23.9 Å². The number of rotatable bonds is 8. The molecular formula is C19H28FN3O3S2. The number of hydrogen-bond acceptors (Lipinski definition) is 6. The summed E-state index contributed by atoms with van der Waals surface area (Å²) in [6.45, 7) is 0.682. The Balaban J connectivity index is 1.32. The third-order valence-electron chi connectivity index (χ3n) is 5.36. The van der Waals surface area contributed by atoms with Crippen LogP contribution in [0.1, 0.15) is 37.3 Å². The number of benzene rings is 1. The van der Waals surface area contributed by atoms with Crippen LogP contribution in [0.3, 0.4) is 0 Å². The van der Waals surface area contributed by atoms with Crippen LogP contribution in [-0.2, 0) is 14.6 Å². The molecule has 2 saturated heterocycles. The molecule has 6 nitrogen and oxygen atoms in total. The fourth-order valence-electron chi connectivity index (χ4n) is 3.62. The van der Waals surface area contributed by atoms with Gasteiger partial charge in [0.05, 0.1) is 17.3 Å². The first-order valence-electron chi connectivity index (χ1n) is 9.65.